The Kier molecular flexibility index (Phi) is 6.20. The Balaban J connectivity index is 1.62. The van der Waals surface area contributed by atoms with E-state index in [1.807, 2.05) is 24.8 Å². The second kappa shape index (κ2) is 8.59. The largest absolute Gasteiger partial charge is 0.472 e. The predicted molar refractivity (Wildman–Crippen MR) is 97.7 cm³/mol. The molecule has 1 unspecified atom stereocenters. The summed E-state index contributed by atoms with van der Waals surface area (Å²) in [5.41, 5.74) is 0.996. The molecule has 4 amide bonds. The first kappa shape index (κ1) is 18.8. The lowest BCUT2D eigenvalue weighted by Crippen LogP contribution is -2.58. The van der Waals surface area contributed by atoms with E-state index in [1.54, 1.807) is 12.5 Å². The van der Waals surface area contributed by atoms with Gasteiger partial charge in [0, 0.05) is 56.3 Å². The number of imide groups is 1. The van der Waals surface area contributed by atoms with E-state index < -0.39 is 17.8 Å². The standard InChI is InChI=1S/C17H24N4O4S/c1-2-19-4-5-21(16(23)15(19)22)17(24)18-11-14(13-3-8-25-12-13)20-6-9-26-10-7-20/h3,8,12,14H,2,4-7,9-11H2,1H3,(H,18,24). The molecule has 0 bridgehead atoms. The van der Waals surface area contributed by atoms with Crippen molar-refractivity contribution in [3.63, 3.8) is 0 Å². The van der Waals surface area contributed by atoms with Gasteiger partial charge in [-0.1, -0.05) is 0 Å². The van der Waals surface area contributed by atoms with Gasteiger partial charge in [0.2, 0.25) is 0 Å². The summed E-state index contributed by atoms with van der Waals surface area (Å²) in [6.07, 6.45) is 3.31. The number of nitrogens with one attached hydrogen (secondary N) is 1. The fraction of sp³-hybridized carbons (Fsp3) is 0.588. The number of amides is 4. The van der Waals surface area contributed by atoms with E-state index in [0.717, 1.165) is 35.1 Å². The normalized spacial score (nSPS) is 20.3. The van der Waals surface area contributed by atoms with Crippen LogP contribution in [0.5, 0.6) is 0 Å². The monoisotopic (exact) mass is 380 g/mol. The average molecular weight is 380 g/mol. The Hall–Kier alpha value is -2.00. The molecule has 0 aliphatic carbocycles. The van der Waals surface area contributed by atoms with Gasteiger partial charge >= 0.3 is 17.8 Å². The molecule has 3 heterocycles. The molecule has 2 aliphatic rings. The van der Waals surface area contributed by atoms with Crippen molar-refractivity contribution >= 4 is 29.6 Å². The Morgan fingerprint density at radius 3 is 2.65 bits per heavy atom. The van der Waals surface area contributed by atoms with E-state index >= 15 is 0 Å². The second-order valence-corrected chi connectivity index (χ2v) is 7.47. The highest BCUT2D eigenvalue weighted by atomic mass is 32.2. The quantitative estimate of drug-likeness (QED) is 0.760. The summed E-state index contributed by atoms with van der Waals surface area (Å²) >= 11 is 1.92. The van der Waals surface area contributed by atoms with Gasteiger partial charge in [0.25, 0.3) is 0 Å². The van der Waals surface area contributed by atoms with Crippen molar-refractivity contribution in [1.82, 2.24) is 20.0 Å². The van der Waals surface area contributed by atoms with Crippen molar-refractivity contribution in [2.75, 3.05) is 50.8 Å². The van der Waals surface area contributed by atoms with Crippen molar-refractivity contribution in [2.45, 2.75) is 13.0 Å². The molecule has 0 aromatic carbocycles. The summed E-state index contributed by atoms with van der Waals surface area (Å²) in [4.78, 5) is 41.4. The predicted octanol–water partition coefficient (Wildman–Crippen LogP) is 0.770. The smallest absolute Gasteiger partial charge is 0.324 e. The van der Waals surface area contributed by atoms with E-state index in [9.17, 15) is 14.4 Å². The summed E-state index contributed by atoms with van der Waals surface area (Å²) in [6, 6.07) is 1.37. The zero-order valence-electron chi connectivity index (χ0n) is 14.8. The van der Waals surface area contributed by atoms with Crippen molar-refractivity contribution in [2.24, 2.45) is 0 Å². The molecule has 1 N–H and O–H groups in total. The van der Waals surface area contributed by atoms with Crippen molar-refractivity contribution in [3.05, 3.63) is 24.2 Å². The van der Waals surface area contributed by atoms with E-state index in [2.05, 4.69) is 10.2 Å². The molecule has 0 spiro atoms. The van der Waals surface area contributed by atoms with Crippen LogP contribution >= 0.6 is 11.8 Å². The molecule has 1 atom stereocenters. The highest BCUT2D eigenvalue weighted by Gasteiger charge is 2.35. The van der Waals surface area contributed by atoms with E-state index in [1.165, 1.54) is 4.90 Å². The molecule has 142 valence electrons. The minimum atomic E-state index is -0.759. The van der Waals surface area contributed by atoms with Crippen molar-refractivity contribution in [1.29, 1.82) is 0 Å². The molecule has 1 aromatic rings. The minimum Gasteiger partial charge on any atom is -0.472 e. The van der Waals surface area contributed by atoms with Crippen molar-refractivity contribution in [3.8, 4) is 0 Å². The van der Waals surface area contributed by atoms with Crippen LogP contribution in [0.25, 0.3) is 0 Å². The number of piperazine rings is 1. The van der Waals surface area contributed by atoms with Gasteiger partial charge in [0.15, 0.2) is 0 Å². The molecule has 0 radical (unpaired) electrons. The van der Waals surface area contributed by atoms with Crippen LogP contribution in [-0.4, -0.2) is 83.3 Å². The Bertz CT molecular complexity index is 645. The molecule has 2 saturated heterocycles. The summed E-state index contributed by atoms with van der Waals surface area (Å²) in [5, 5.41) is 2.83. The van der Waals surface area contributed by atoms with Gasteiger partial charge in [0.05, 0.1) is 18.6 Å². The fourth-order valence-electron chi connectivity index (χ4n) is 3.26. The number of thioether (sulfide) groups is 1. The number of carbonyl (C=O) groups is 3. The zero-order valence-corrected chi connectivity index (χ0v) is 15.7. The lowest BCUT2D eigenvalue weighted by molar-refractivity contribution is -0.153. The molecular weight excluding hydrogens is 356 g/mol. The molecule has 2 aliphatic heterocycles. The van der Waals surface area contributed by atoms with Crippen LogP contribution in [0, 0.1) is 0 Å². The van der Waals surface area contributed by atoms with Gasteiger partial charge in [0.1, 0.15) is 0 Å². The van der Waals surface area contributed by atoms with E-state index in [-0.39, 0.29) is 12.6 Å². The number of hydrogen-bond acceptors (Lipinski definition) is 6. The van der Waals surface area contributed by atoms with Crippen LogP contribution in [0.4, 0.5) is 4.79 Å². The SMILES string of the molecule is CCN1CCN(C(=O)NCC(c2ccoc2)N2CCSCC2)C(=O)C1=O. The molecule has 8 nitrogen and oxygen atoms in total. The zero-order chi connectivity index (χ0) is 18.5. The second-order valence-electron chi connectivity index (χ2n) is 6.25. The highest BCUT2D eigenvalue weighted by Crippen LogP contribution is 2.24. The molecule has 2 fully saturated rings. The van der Waals surface area contributed by atoms with Gasteiger partial charge in [-0.15, -0.1) is 0 Å². The summed E-state index contributed by atoms with van der Waals surface area (Å²) in [6.45, 7) is 5.11. The molecule has 3 rings (SSSR count). The van der Waals surface area contributed by atoms with Crippen LogP contribution in [0.1, 0.15) is 18.5 Å². The third-order valence-corrected chi connectivity index (χ3v) is 5.74. The maximum atomic E-state index is 12.5. The summed E-state index contributed by atoms with van der Waals surface area (Å²) < 4.78 is 5.21. The molecule has 1 aromatic heterocycles. The van der Waals surface area contributed by atoms with Crippen LogP contribution in [0.3, 0.4) is 0 Å². The van der Waals surface area contributed by atoms with Crippen LogP contribution in [0.2, 0.25) is 0 Å². The number of carbonyl (C=O) groups excluding carboxylic acids is 3. The lowest BCUT2D eigenvalue weighted by atomic mass is 10.1. The summed E-state index contributed by atoms with van der Waals surface area (Å²) in [5.74, 6) is 0.723. The van der Waals surface area contributed by atoms with E-state index in [4.69, 9.17) is 4.42 Å². The minimum absolute atomic E-state index is 0.0127. The highest BCUT2D eigenvalue weighted by molar-refractivity contribution is 7.99. The maximum absolute atomic E-state index is 12.5. The van der Waals surface area contributed by atoms with Crippen LogP contribution in [-0.2, 0) is 9.59 Å². The Morgan fingerprint density at radius 1 is 1.23 bits per heavy atom. The topological polar surface area (TPSA) is 86.1 Å². The molecule has 0 saturated carbocycles. The summed E-state index contributed by atoms with van der Waals surface area (Å²) in [7, 11) is 0. The third-order valence-electron chi connectivity index (χ3n) is 4.80. The van der Waals surface area contributed by atoms with Gasteiger partial charge in [-0.25, -0.2) is 4.79 Å². The Morgan fingerprint density at radius 2 is 2.00 bits per heavy atom. The van der Waals surface area contributed by atoms with Crippen molar-refractivity contribution < 1.29 is 18.8 Å². The molecule has 9 heteroatoms. The van der Waals surface area contributed by atoms with Crippen LogP contribution in [0.15, 0.2) is 23.0 Å². The Labute approximate surface area is 156 Å². The number of hydrogen-bond donors (Lipinski definition) is 1. The third kappa shape index (κ3) is 4.04. The van der Waals surface area contributed by atoms with Crippen LogP contribution < -0.4 is 5.32 Å². The first-order valence-electron chi connectivity index (χ1n) is 8.84. The van der Waals surface area contributed by atoms with Gasteiger partial charge < -0.3 is 14.6 Å². The molecular formula is C17H24N4O4S. The number of furan rings is 1. The molecule has 26 heavy (non-hydrogen) atoms. The number of urea groups is 1. The van der Waals surface area contributed by atoms with Gasteiger partial charge in [-0.05, 0) is 13.0 Å². The van der Waals surface area contributed by atoms with Gasteiger partial charge in [-0.3, -0.25) is 19.4 Å². The maximum Gasteiger partial charge on any atom is 0.324 e. The average Bonchev–Trinajstić information content (AvgIpc) is 3.19. The number of nitrogens with zero attached hydrogens (tertiary/aromatic N) is 3. The number of likely N-dealkylation sites (N-methyl/N-ethyl adjacent to an activating group) is 1. The fourth-order valence-corrected chi connectivity index (χ4v) is 4.19. The first-order valence-corrected chi connectivity index (χ1v) is 9.99. The van der Waals surface area contributed by atoms with Gasteiger partial charge in [-0.2, -0.15) is 11.8 Å². The number of rotatable bonds is 5. The van der Waals surface area contributed by atoms with E-state index in [0.29, 0.717) is 19.6 Å². The first-order chi connectivity index (χ1) is 12.6. The lowest BCUT2D eigenvalue weighted by Gasteiger charge is -2.35.